The molecular weight excluding hydrogens is 262 g/mol. The van der Waals surface area contributed by atoms with Crippen LogP contribution in [0.1, 0.15) is 18.2 Å². The Kier molecular flexibility index (Phi) is 3.96. The average Bonchev–Trinajstić information content (AvgIpc) is 2.37. The number of allylic oxidation sites excluding steroid dienone is 2. The number of fused-ring (bicyclic) bond motifs is 1. The molecule has 0 radical (unpaired) electrons. The zero-order valence-electron chi connectivity index (χ0n) is 11.2. The van der Waals surface area contributed by atoms with Crippen molar-refractivity contribution >= 4 is 22.5 Å². The van der Waals surface area contributed by atoms with Crippen LogP contribution in [-0.4, -0.2) is 12.1 Å². The molecule has 1 aromatic heterocycles. The van der Waals surface area contributed by atoms with E-state index >= 15 is 0 Å². The first-order valence-corrected chi connectivity index (χ1v) is 6.43. The predicted molar refractivity (Wildman–Crippen MR) is 79.2 cm³/mol. The molecule has 19 heavy (non-hydrogen) atoms. The molecule has 4 heteroatoms. The molecule has 0 aliphatic heterocycles. The van der Waals surface area contributed by atoms with Crippen LogP contribution < -0.4 is 10.2 Å². The summed E-state index contributed by atoms with van der Waals surface area (Å²) >= 11 is 5.83. The van der Waals surface area contributed by atoms with Crippen LogP contribution in [0.25, 0.3) is 10.9 Å². The lowest BCUT2D eigenvalue weighted by Crippen LogP contribution is -2.13. The number of pyridine rings is 1. The van der Waals surface area contributed by atoms with Crippen molar-refractivity contribution in [2.45, 2.75) is 20.3 Å². The van der Waals surface area contributed by atoms with Gasteiger partial charge in [-0.2, -0.15) is 0 Å². The van der Waals surface area contributed by atoms with Crippen molar-refractivity contribution in [2.24, 2.45) is 0 Å². The number of hydrogen-bond acceptors (Lipinski definition) is 2. The first-order chi connectivity index (χ1) is 9.04. The largest absolute Gasteiger partial charge is 0.495 e. The molecule has 0 fully saturated rings. The van der Waals surface area contributed by atoms with Gasteiger partial charge in [0, 0.05) is 21.7 Å². The van der Waals surface area contributed by atoms with E-state index in [0.717, 1.165) is 16.8 Å². The van der Waals surface area contributed by atoms with Gasteiger partial charge in [0.25, 0.3) is 0 Å². The molecule has 0 aliphatic carbocycles. The van der Waals surface area contributed by atoms with E-state index in [4.69, 9.17) is 16.3 Å². The highest BCUT2D eigenvalue weighted by Gasteiger charge is 2.11. The second-order valence-electron chi connectivity index (χ2n) is 4.44. The molecule has 0 saturated heterocycles. The van der Waals surface area contributed by atoms with Gasteiger partial charge in [-0.3, -0.25) is 4.79 Å². The molecule has 0 aliphatic rings. The fourth-order valence-electron chi connectivity index (χ4n) is 2.10. The number of hydrogen-bond donors (Lipinski definition) is 1. The van der Waals surface area contributed by atoms with E-state index in [0.29, 0.717) is 22.6 Å². The molecule has 1 aromatic carbocycles. The summed E-state index contributed by atoms with van der Waals surface area (Å²) in [6.07, 6.45) is 2.37. The second-order valence-corrected chi connectivity index (χ2v) is 5.03. The van der Waals surface area contributed by atoms with Crippen LogP contribution in [0.3, 0.4) is 0 Å². The molecule has 0 spiro atoms. The first kappa shape index (κ1) is 13.7. The Morgan fingerprint density at radius 3 is 2.84 bits per heavy atom. The Labute approximate surface area is 116 Å². The maximum atomic E-state index is 12.5. The molecule has 0 atom stereocenters. The third-order valence-corrected chi connectivity index (χ3v) is 3.27. The van der Waals surface area contributed by atoms with E-state index in [1.54, 1.807) is 20.1 Å². The second kappa shape index (κ2) is 5.49. The van der Waals surface area contributed by atoms with E-state index in [-0.39, 0.29) is 5.43 Å². The fraction of sp³-hybridized carbons (Fsp3) is 0.267. The van der Waals surface area contributed by atoms with Crippen LogP contribution in [0.4, 0.5) is 0 Å². The summed E-state index contributed by atoms with van der Waals surface area (Å²) in [7, 11) is 1.59. The lowest BCUT2D eigenvalue weighted by atomic mass is 10.1. The fourth-order valence-corrected chi connectivity index (χ4v) is 2.18. The number of para-hydroxylation sites is 1. The highest BCUT2D eigenvalue weighted by Crippen LogP contribution is 2.22. The number of aromatic amines is 1. The van der Waals surface area contributed by atoms with E-state index in [9.17, 15) is 4.79 Å². The Morgan fingerprint density at radius 1 is 1.47 bits per heavy atom. The number of aryl methyl sites for hydroxylation is 1. The van der Waals surface area contributed by atoms with Crippen molar-refractivity contribution in [3.8, 4) is 5.75 Å². The van der Waals surface area contributed by atoms with Gasteiger partial charge in [0.2, 0.25) is 0 Å². The number of nitrogens with one attached hydrogen (secondary N) is 1. The number of methoxy groups -OCH3 is 1. The topological polar surface area (TPSA) is 42.1 Å². The Balaban J connectivity index is 2.69. The van der Waals surface area contributed by atoms with Gasteiger partial charge in [-0.25, -0.2) is 0 Å². The number of H-pyrrole nitrogens is 1. The maximum Gasteiger partial charge on any atom is 0.193 e. The number of ether oxygens (including phenoxy) is 1. The van der Waals surface area contributed by atoms with Gasteiger partial charge in [0.05, 0.1) is 12.6 Å². The molecular formula is C15H16ClNO2. The van der Waals surface area contributed by atoms with Gasteiger partial charge in [0.1, 0.15) is 5.75 Å². The molecule has 2 rings (SSSR count). The summed E-state index contributed by atoms with van der Waals surface area (Å²) in [5.74, 6) is 0.674. The highest BCUT2D eigenvalue weighted by atomic mass is 35.5. The van der Waals surface area contributed by atoms with Crippen molar-refractivity contribution in [1.82, 2.24) is 4.98 Å². The lowest BCUT2D eigenvalue weighted by molar-refractivity contribution is 0.419. The molecule has 0 bridgehead atoms. The van der Waals surface area contributed by atoms with Crippen molar-refractivity contribution in [2.75, 3.05) is 7.11 Å². The number of halogens is 1. The van der Waals surface area contributed by atoms with Gasteiger partial charge >= 0.3 is 0 Å². The van der Waals surface area contributed by atoms with Crippen molar-refractivity contribution in [1.29, 1.82) is 0 Å². The SMILES string of the molecule is COc1cccc2c(=O)c(C/C=C(\C)Cl)c(C)[nH]c12. The summed E-state index contributed by atoms with van der Waals surface area (Å²) in [4.78, 5) is 15.7. The van der Waals surface area contributed by atoms with E-state index in [2.05, 4.69) is 4.98 Å². The number of benzene rings is 1. The van der Waals surface area contributed by atoms with Gasteiger partial charge < -0.3 is 9.72 Å². The van der Waals surface area contributed by atoms with Crippen LogP contribution in [0.15, 0.2) is 34.1 Å². The van der Waals surface area contributed by atoms with Crippen LogP contribution in [0.2, 0.25) is 0 Å². The average molecular weight is 278 g/mol. The minimum Gasteiger partial charge on any atom is -0.495 e. The smallest absolute Gasteiger partial charge is 0.193 e. The third kappa shape index (κ3) is 2.66. The zero-order valence-corrected chi connectivity index (χ0v) is 12.0. The molecule has 1 heterocycles. The third-order valence-electron chi connectivity index (χ3n) is 3.12. The Hall–Kier alpha value is -1.74. The summed E-state index contributed by atoms with van der Waals surface area (Å²) in [6.45, 7) is 3.69. The summed E-state index contributed by atoms with van der Waals surface area (Å²) in [5, 5.41) is 1.32. The molecule has 1 N–H and O–H groups in total. The van der Waals surface area contributed by atoms with Crippen LogP contribution in [-0.2, 0) is 6.42 Å². The summed E-state index contributed by atoms with van der Waals surface area (Å²) < 4.78 is 5.27. The summed E-state index contributed by atoms with van der Waals surface area (Å²) in [5.41, 5.74) is 2.35. The monoisotopic (exact) mass is 277 g/mol. The highest BCUT2D eigenvalue weighted by molar-refractivity contribution is 6.29. The molecule has 0 amide bonds. The van der Waals surface area contributed by atoms with Gasteiger partial charge in [-0.05, 0) is 32.4 Å². The minimum absolute atomic E-state index is 0.0271. The minimum atomic E-state index is 0.0271. The van der Waals surface area contributed by atoms with E-state index in [1.165, 1.54) is 0 Å². The molecule has 100 valence electrons. The standard InChI is InChI=1S/C15H16ClNO2/c1-9(16)7-8-11-10(2)17-14-12(15(11)18)5-4-6-13(14)19-3/h4-7H,8H2,1-3H3,(H,17,18)/b9-7+. The van der Waals surface area contributed by atoms with Crippen molar-refractivity contribution in [3.05, 3.63) is 50.8 Å². The molecule has 3 nitrogen and oxygen atoms in total. The maximum absolute atomic E-state index is 12.5. The molecule has 0 unspecified atom stereocenters. The quantitative estimate of drug-likeness (QED) is 0.932. The van der Waals surface area contributed by atoms with Crippen molar-refractivity contribution < 1.29 is 4.74 Å². The lowest BCUT2D eigenvalue weighted by Gasteiger charge is -2.09. The Morgan fingerprint density at radius 2 is 2.21 bits per heavy atom. The summed E-state index contributed by atoms with van der Waals surface area (Å²) in [6, 6.07) is 5.45. The number of rotatable bonds is 3. The van der Waals surface area contributed by atoms with Gasteiger partial charge in [-0.15, -0.1) is 0 Å². The first-order valence-electron chi connectivity index (χ1n) is 6.05. The Bertz CT molecular complexity index is 697. The van der Waals surface area contributed by atoms with Gasteiger partial charge in [-0.1, -0.05) is 23.7 Å². The molecule has 2 aromatic rings. The van der Waals surface area contributed by atoms with Crippen molar-refractivity contribution in [3.63, 3.8) is 0 Å². The van der Waals surface area contributed by atoms with Gasteiger partial charge in [0.15, 0.2) is 5.43 Å². The molecule has 0 saturated carbocycles. The normalized spacial score (nSPS) is 11.9. The van der Waals surface area contributed by atoms with E-state index < -0.39 is 0 Å². The number of aromatic nitrogens is 1. The predicted octanol–water partition coefficient (Wildman–Crippen LogP) is 3.53. The zero-order chi connectivity index (χ0) is 14.0. The van der Waals surface area contributed by atoms with Crippen LogP contribution in [0, 0.1) is 6.92 Å². The van der Waals surface area contributed by atoms with Crippen LogP contribution >= 0.6 is 11.6 Å². The van der Waals surface area contributed by atoms with Crippen LogP contribution in [0.5, 0.6) is 5.75 Å². The van der Waals surface area contributed by atoms with E-state index in [1.807, 2.05) is 25.1 Å².